The van der Waals surface area contributed by atoms with Gasteiger partial charge in [-0.15, -0.1) is 0 Å². The minimum absolute atomic E-state index is 0.00137. The van der Waals surface area contributed by atoms with Gasteiger partial charge in [-0.25, -0.2) is 25.4 Å². The van der Waals surface area contributed by atoms with Crippen LogP contribution in [0.15, 0.2) is 63.1 Å². The first kappa shape index (κ1) is 20.4. The molecule has 0 amide bonds. The molecule has 3 aromatic rings. The van der Waals surface area contributed by atoms with Crippen molar-refractivity contribution in [1.29, 1.82) is 0 Å². The molecule has 28 heavy (non-hydrogen) atoms. The number of sulfonamides is 2. The normalized spacial score (nSPS) is 12.9. The second-order valence-corrected chi connectivity index (χ2v) is 11.0. The molecule has 0 saturated heterocycles. The van der Waals surface area contributed by atoms with Crippen LogP contribution in [0.5, 0.6) is 0 Å². The molecule has 0 aliphatic rings. The molecule has 0 aliphatic heterocycles. The van der Waals surface area contributed by atoms with E-state index in [9.17, 15) is 21.6 Å². The maximum absolute atomic E-state index is 13.2. The molecule has 0 aromatic heterocycles. The molecule has 0 radical (unpaired) electrons. The summed E-state index contributed by atoms with van der Waals surface area (Å²) < 4.78 is 51.9. The summed E-state index contributed by atoms with van der Waals surface area (Å²) in [5, 5.41) is 1.54. The van der Waals surface area contributed by atoms with Crippen LogP contribution in [0.1, 0.15) is 0 Å². The van der Waals surface area contributed by atoms with Crippen molar-refractivity contribution in [3.63, 3.8) is 0 Å². The molecule has 0 unspecified atom stereocenters. The molecular formula is C19H20N2O5S2. The van der Waals surface area contributed by atoms with Crippen LogP contribution in [-0.2, 0) is 20.0 Å². The van der Waals surface area contributed by atoms with E-state index >= 15 is 0 Å². The molecule has 9 heteroatoms. The summed E-state index contributed by atoms with van der Waals surface area (Å²) in [4.78, 5) is 13.2. The van der Waals surface area contributed by atoms with Crippen molar-refractivity contribution >= 4 is 41.6 Å². The summed E-state index contributed by atoms with van der Waals surface area (Å²) in [6.45, 7) is 0. The standard InChI is InChI=1S/C19H20N2O5S2/c1-20(2)27(23,24)15-9-7-13-5-6-14-8-10-16(28(25,26)21(3)4)12-18(14)19(22)17(13)11-15/h5-12H,1-4H3. The van der Waals surface area contributed by atoms with E-state index in [0.717, 1.165) is 8.61 Å². The Hall–Kier alpha value is -2.33. The number of nitrogens with zero attached hydrogens (tertiary/aromatic N) is 2. The zero-order valence-electron chi connectivity index (χ0n) is 15.9. The van der Waals surface area contributed by atoms with Gasteiger partial charge in [-0.1, -0.05) is 24.3 Å². The van der Waals surface area contributed by atoms with E-state index in [4.69, 9.17) is 0 Å². The Morgan fingerprint density at radius 1 is 0.607 bits per heavy atom. The number of hydrogen-bond acceptors (Lipinski definition) is 5. The topological polar surface area (TPSA) is 91.8 Å². The summed E-state index contributed by atoms with van der Waals surface area (Å²) in [5.41, 5.74) is -0.429. The summed E-state index contributed by atoms with van der Waals surface area (Å²) in [7, 11) is -1.77. The van der Waals surface area contributed by atoms with Crippen LogP contribution in [0.4, 0.5) is 0 Å². The van der Waals surface area contributed by atoms with Gasteiger partial charge < -0.3 is 0 Å². The largest absolute Gasteiger partial charge is 0.289 e. The third kappa shape index (κ3) is 3.30. The second kappa shape index (κ2) is 6.93. The number of fused-ring (bicyclic) bond motifs is 2. The van der Waals surface area contributed by atoms with Gasteiger partial charge in [0.15, 0.2) is 5.43 Å². The Bertz CT molecular complexity index is 1260. The first-order valence-electron chi connectivity index (χ1n) is 8.32. The van der Waals surface area contributed by atoms with Crippen molar-refractivity contribution in [3.05, 3.63) is 58.8 Å². The lowest BCUT2D eigenvalue weighted by Gasteiger charge is -2.11. The average molecular weight is 421 g/mol. The summed E-state index contributed by atoms with van der Waals surface area (Å²) in [5.74, 6) is 0. The Morgan fingerprint density at radius 2 is 0.929 bits per heavy atom. The predicted molar refractivity (Wildman–Crippen MR) is 109 cm³/mol. The third-order valence-corrected chi connectivity index (χ3v) is 8.16. The second-order valence-electron chi connectivity index (χ2n) is 6.74. The van der Waals surface area contributed by atoms with Crippen LogP contribution in [0, 0.1) is 0 Å². The average Bonchev–Trinajstić information content (AvgIpc) is 2.78. The lowest BCUT2D eigenvalue weighted by Crippen LogP contribution is -2.22. The van der Waals surface area contributed by atoms with E-state index in [1.165, 1.54) is 52.5 Å². The molecule has 0 fully saturated rings. The van der Waals surface area contributed by atoms with E-state index < -0.39 is 25.5 Å². The van der Waals surface area contributed by atoms with Gasteiger partial charge in [0.25, 0.3) is 0 Å². The van der Waals surface area contributed by atoms with Gasteiger partial charge in [0, 0.05) is 39.0 Å². The summed E-state index contributed by atoms with van der Waals surface area (Å²) in [6, 6.07) is 12.1. The predicted octanol–water partition coefficient (Wildman–Crippen LogP) is 1.85. The number of rotatable bonds is 4. The molecule has 7 nitrogen and oxygen atoms in total. The first-order chi connectivity index (χ1) is 13.0. The first-order valence-corrected chi connectivity index (χ1v) is 11.2. The molecule has 0 bridgehead atoms. The monoisotopic (exact) mass is 420 g/mol. The van der Waals surface area contributed by atoms with E-state index in [1.807, 2.05) is 0 Å². The van der Waals surface area contributed by atoms with Gasteiger partial charge in [0.05, 0.1) is 9.79 Å². The summed E-state index contributed by atoms with van der Waals surface area (Å²) in [6.07, 6.45) is 0. The van der Waals surface area contributed by atoms with E-state index in [-0.39, 0.29) is 20.6 Å². The van der Waals surface area contributed by atoms with Crippen molar-refractivity contribution < 1.29 is 16.8 Å². The number of hydrogen-bond donors (Lipinski definition) is 0. The highest BCUT2D eigenvalue weighted by Gasteiger charge is 2.20. The molecule has 0 N–H and O–H groups in total. The highest BCUT2D eigenvalue weighted by molar-refractivity contribution is 7.89. The molecule has 0 atom stereocenters. The van der Waals surface area contributed by atoms with Gasteiger partial charge in [0.1, 0.15) is 0 Å². The van der Waals surface area contributed by atoms with Gasteiger partial charge in [-0.2, -0.15) is 0 Å². The maximum atomic E-state index is 13.2. The molecule has 0 spiro atoms. The van der Waals surface area contributed by atoms with Gasteiger partial charge in [0.2, 0.25) is 20.0 Å². The van der Waals surface area contributed by atoms with Crippen molar-refractivity contribution in [3.8, 4) is 0 Å². The molecule has 3 aromatic carbocycles. The van der Waals surface area contributed by atoms with Crippen LogP contribution < -0.4 is 5.43 Å². The maximum Gasteiger partial charge on any atom is 0.242 e. The molecule has 3 rings (SSSR count). The van der Waals surface area contributed by atoms with E-state index in [1.54, 1.807) is 24.3 Å². The lowest BCUT2D eigenvalue weighted by molar-refractivity contribution is 0.520. The fourth-order valence-corrected chi connectivity index (χ4v) is 4.68. The quantitative estimate of drug-likeness (QED) is 0.642. The fourth-order valence-electron chi connectivity index (χ4n) is 2.82. The zero-order valence-corrected chi connectivity index (χ0v) is 17.5. The molecule has 0 heterocycles. The Labute approximate surface area is 163 Å². The van der Waals surface area contributed by atoms with Crippen LogP contribution in [0.2, 0.25) is 0 Å². The Balaban J connectivity index is 2.41. The molecule has 0 saturated carbocycles. The van der Waals surface area contributed by atoms with Crippen molar-refractivity contribution in [2.45, 2.75) is 9.79 Å². The zero-order chi connectivity index (χ0) is 20.9. The minimum atomic E-state index is -3.71. The molecular weight excluding hydrogens is 400 g/mol. The van der Waals surface area contributed by atoms with Gasteiger partial charge in [-0.05, 0) is 35.0 Å². The van der Waals surface area contributed by atoms with Crippen LogP contribution >= 0.6 is 0 Å². The van der Waals surface area contributed by atoms with E-state index in [0.29, 0.717) is 10.8 Å². The van der Waals surface area contributed by atoms with Crippen molar-refractivity contribution in [2.24, 2.45) is 0 Å². The van der Waals surface area contributed by atoms with Crippen LogP contribution in [0.3, 0.4) is 0 Å². The Morgan fingerprint density at radius 3 is 1.25 bits per heavy atom. The number of benzene rings is 2. The SMILES string of the molecule is CN(C)S(=O)(=O)c1ccc2ccc3ccc(S(=O)(=O)N(C)C)cc3c(=O)c2c1. The Kier molecular flexibility index (Phi) is 5.05. The molecule has 148 valence electrons. The fraction of sp³-hybridized carbons (Fsp3) is 0.211. The van der Waals surface area contributed by atoms with Crippen LogP contribution in [0.25, 0.3) is 21.5 Å². The van der Waals surface area contributed by atoms with Gasteiger partial charge in [-0.3, -0.25) is 4.79 Å². The van der Waals surface area contributed by atoms with Crippen LogP contribution in [-0.4, -0.2) is 53.6 Å². The molecule has 0 aliphatic carbocycles. The smallest absolute Gasteiger partial charge is 0.242 e. The minimum Gasteiger partial charge on any atom is -0.289 e. The lowest BCUT2D eigenvalue weighted by atomic mass is 10.1. The third-order valence-electron chi connectivity index (χ3n) is 4.54. The summed E-state index contributed by atoms with van der Waals surface area (Å²) >= 11 is 0. The highest BCUT2D eigenvalue weighted by atomic mass is 32.2. The van der Waals surface area contributed by atoms with Gasteiger partial charge >= 0.3 is 0 Å². The van der Waals surface area contributed by atoms with Crippen molar-refractivity contribution in [2.75, 3.05) is 28.2 Å². The van der Waals surface area contributed by atoms with E-state index in [2.05, 4.69) is 0 Å². The van der Waals surface area contributed by atoms with Crippen molar-refractivity contribution in [1.82, 2.24) is 8.61 Å². The highest BCUT2D eigenvalue weighted by Crippen LogP contribution is 2.23.